The molecule has 0 radical (unpaired) electrons. The number of furan rings is 1. The van der Waals surface area contributed by atoms with E-state index in [2.05, 4.69) is 214 Å². The van der Waals surface area contributed by atoms with Crippen LogP contribution in [-0.2, 0) is 0 Å². The fourth-order valence-electron chi connectivity index (χ4n) is 9.72. The molecule has 13 aromatic rings. The normalized spacial score (nSPS) is 12.0. The van der Waals surface area contributed by atoms with E-state index in [1.807, 2.05) is 12.1 Å². The van der Waals surface area contributed by atoms with Crippen molar-refractivity contribution in [1.29, 1.82) is 0 Å². The van der Waals surface area contributed by atoms with Crippen molar-refractivity contribution >= 4 is 98.1 Å². The first kappa shape index (κ1) is 32.9. The van der Waals surface area contributed by atoms with Gasteiger partial charge in [-0.05, 0) is 129 Å². The zero-order valence-corrected chi connectivity index (χ0v) is 32.5. The number of para-hydroxylation sites is 3. The van der Waals surface area contributed by atoms with Crippen LogP contribution in [0.2, 0.25) is 0 Å². The SMILES string of the molecule is c1ccc(-n2c3ccccc3c3c(-n4c5cccc(c5)c5cccc(c5)n(-c5ccc6c(c5)oc5ccccc56)c5ccc6ccc7ccc4cc7c6c5)cccc32)cc1. The molecule has 4 heteroatoms. The van der Waals surface area contributed by atoms with Crippen molar-refractivity contribution < 1.29 is 4.42 Å². The summed E-state index contributed by atoms with van der Waals surface area (Å²) in [7, 11) is 0. The van der Waals surface area contributed by atoms with Gasteiger partial charge in [0.1, 0.15) is 11.2 Å². The Morgan fingerprint density at radius 1 is 0.283 bits per heavy atom. The van der Waals surface area contributed by atoms with Gasteiger partial charge in [-0.1, -0.05) is 109 Å². The first-order chi connectivity index (χ1) is 29.7. The van der Waals surface area contributed by atoms with Gasteiger partial charge in [-0.2, -0.15) is 0 Å². The Hall–Kier alpha value is -8.08. The molecule has 0 saturated heterocycles. The van der Waals surface area contributed by atoms with Gasteiger partial charge in [0, 0.05) is 61.1 Å². The zero-order valence-electron chi connectivity index (χ0n) is 32.5. The van der Waals surface area contributed by atoms with Crippen molar-refractivity contribution in [3.05, 3.63) is 212 Å². The minimum atomic E-state index is 0.870. The second-order valence-corrected chi connectivity index (χ2v) is 15.8. The molecule has 280 valence electrons. The molecule has 13 rings (SSSR count). The lowest BCUT2D eigenvalue weighted by Crippen LogP contribution is -1.99. The second-order valence-electron chi connectivity index (χ2n) is 15.8. The number of aromatic nitrogens is 3. The summed E-state index contributed by atoms with van der Waals surface area (Å²) >= 11 is 0. The lowest BCUT2D eigenvalue weighted by molar-refractivity contribution is 0.668. The van der Waals surface area contributed by atoms with Gasteiger partial charge < -0.3 is 18.1 Å². The predicted octanol–water partition coefficient (Wildman–Crippen LogP) is 15.2. The van der Waals surface area contributed by atoms with E-state index >= 15 is 0 Å². The largest absolute Gasteiger partial charge is 0.456 e. The highest BCUT2D eigenvalue weighted by Gasteiger charge is 2.17. The molecule has 8 bridgehead atoms. The Balaban J connectivity index is 1.18. The summed E-state index contributed by atoms with van der Waals surface area (Å²) < 4.78 is 13.7. The van der Waals surface area contributed by atoms with E-state index in [0.29, 0.717) is 0 Å². The van der Waals surface area contributed by atoms with Gasteiger partial charge >= 0.3 is 0 Å². The van der Waals surface area contributed by atoms with Crippen LogP contribution in [0.1, 0.15) is 0 Å². The van der Waals surface area contributed by atoms with Crippen LogP contribution < -0.4 is 0 Å². The first-order valence-electron chi connectivity index (χ1n) is 20.5. The summed E-state index contributed by atoms with van der Waals surface area (Å²) in [5.41, 5.74) is 11.8. The molecular weight excluding hydrogens is 731 g/mol. The lowest BCUT2D eigenvalue weighted by Gasteiger charge is -2.16. The molecule has 0 aliphatic rings. The average Bonchev–Trinajstić information content (AvgIpc) is 3.85. The van der Waals surface area contributed by atoms with Gasteiger partial charge in [0.05, 0.1) is 16.7 Å². The molecule has 10 aromatic carbocycles. The molecule has 0 aliphatic carbocycles. The first-order valence-corrected chi connectivity index (χ1v) is 20.5. The minimum absolute atomic E-state index is 0.870. The van der Waals surface area contributed by atoms with E-state index in [0.717, 1.165) is 71.8 Å². The van der Waals surface area contributed by atoms with Crippen LogP contribution >= 0.6 is 0 Å². The molecule has 3 heterocycles. The summed E-state index contributed by atoms with van der Waals surface area (Å²) in [6.07, 6.45) is 0. The van der Waals surface area contributed by atoms with E-state index in [1.54, 1.807) is 0 Å². The molecular formula is C56H35N3O. The maximum Gasteiger partial charge on any atom is 0.137 e. The molecule has 0 N–H and O–H groups in total. The van der Waals surface area contributed by atoms with E-state index in [-0.39, 0.29) is 0 Å². The van der Waals surface area contributed by atoms with Crippen molar-refractivity contribution in [2.45, 2.75) is 0 Å². The second kappa shape index (κ2) is 12.7. The number of fused-ring (bicyclic) bond motifs is 13. The average molecular weight is 766 g/mol. The molecule has 60 heavy (non-hydrogen) atoms. The Labute approximate surface area is 344 Å². The van der Waals surface area contributed by atoms with Gasteiger partial charge in [-0.25, -0.2) is 0 Å². The standard InChI is InChI=1S/C56H35N3O/c1-2-13-40(14-3-1)59-51-19-6-4-18-48(51)56-52(20-10-21-53(56)59)58-42-16-9-12-39(32-42)38-11-8-15-41(31-38)57(45-29-30-47-46-17-5-7-22-54(46)60-55(47)35-45)43-27-25-36-23-24-37-26-28-44(58)34-50(37)49(36)33-43/h1-35H. The zero-order chi connectivity index (χ0) is 39.3. The molecule has 0 aliphatic heterocycles. The summed E-state index contributed by atoms with van der Waals surface area (Å²) in [6, 6.07) is 77.4. The van der Waals surface area contributed by atoms with Crippen molar-refractivity contribution in [3.63, 3.8) is 0 Å². The molecule has 0 fully saturated rings. The predicted molar refractivity (Wildman–Crippen MR) is 252 cm³/mol. The van der Waals surface area contributed by atoms with Crippen LogP contribution in [0.5, 0.6) is 0 Å². The fourth-order valence-corrected chi connectivity index (χ4v) is 9.72. The van der Waals surface area contributed by atoms with E-state index in [9.17, 15) is 0 Å². The third-order valence-corrected chi connectivity index (χ3v) is 12.4. The van der Waals surface area contributed by atoms with Crippen LogP contribution in [-0.4, -0.2) is 13.7 Å². The molecule has 0 amide bonds. The molecule has 0 saturated carbocycles. The number of nitrogens with zero attached hydrogens (tertiary/aromatic N) is 3. The fraction of sp³-hybridized carbons (Fsp3) is 0. The highest BCUT2D eigenvalue weighted by Crippen LogP contribution is 2.39. The Bertz CT molecular complexity index is 3950. The summed E-state index contributed by atoms with van der Waals surface area (Å²) in [6.45, 7) is 0. The smallest absolute Gasteiger partial charge is 0.137 e. The van der Waals surface area contributed by atoms with Crippen molar-refractivity contribution in [1.82, 2.24) is 13.7 Å². The minimum Gasteiger partial charge on any atom is -0.456 e. The number of benzene rings is 10. The van der Waals surface area contributed by atoms with Crippen molar-refractivity contribution in [2.75, 3.05) is 0 Å². The van der Waals surface area contributed by atoms with Gasteiger partial charge in [0.25, 0.3) is 0 Å². The van der Waals surface area contributed by atoms with Gasteiger partial charge in [0.2, 0.25) is 0 Å². The van der Waals surface area contributed by atoms with Crippen LogP contribution in [0, 0.1) is 0 Å². The topological polar surface area (TPSA) is 27.9 Å². The Morgan fingerprint density at radius 3 is 1.63 bits per heavy atom. The van der Waals surface area contributed by atoms with Crippen LogP contribution in [0.3, 0.4) is 0 Å². The third kappa shape index (κ3) is 4.91. The Kier molecular flexibility index (Phi) is 6.98. The molecule has 4 nitrogen and oxygen atoms in total. The van der Waals surface area contributed by atoms with Gasteiger partial charge in [-0.3, -0.25) is 0 Å². The number of hydrogen-bond acceptors (Lipinski definition) is 1. The van der Waals surface area contributed by atoms with Crippen molar-refractivity contribution in [3.8, 4) is 17.1 Å². The van der Waals surface area contributed by atoms with E-state index in [4.69, 9.17) is 4.42 Å². The maximum atomic E-state index is 6.44. The Morgan fingerprint density at radius 2 is 0.867 bits per heavy atom. The summed E-state index contributed by atoms with van der Waals surface area (Å²) in [5.74, 6) is 0. The maximum absolute atomic E-state index is 6.44. The molecule has 3 aromatic heterocycles. The molecule has 0 unspecified atom stereocenters. The van der Waals surface area contributed by atoms with Crippen LogP contribution in [0.25, 0.3) is 115 Å². The highest BCUT2D eigenvalue weighted by atomic mass is 16.3. The highest BCUT2D eigenvalue weighted by molar-refractivity contribution is 6.15. The quantitative estimate of drug-likeness (QED) is 0.165. The number of rotatable bonds is 3. The summed E-state index contributed by atoms with van der Waals surface area (Å²) in [5, 5.41) is 11.7. The molecule has 0 atom stereocenters. The summed E-state index contributed by atoms with van der Waals surface area (Å²) in [4.78, 5) is 0. The van der Waals surface area contributed by atoms with Crippen LogP contribution in [0.4, 0.5) is 0 Å². The van der Waals surface area contributed by atoms with Crippen molar-refractivity contribution in [2.24, 2.45) is 0 Å². The van der Waals surface area contributed by atoms with Gasteiger partial charge in [0.15, 0.2) is 0 Å². The molecule has 0 spiro atoms. The van der Waals surface area contributed by atoms with E-state index in [1.165, 1.54) is 43.4 Å². The monoisotopic (exact) mass is 765 g/mol. The third-order valence-electron chi connectivity index (χ3n) is 12.4. The van der Waals surface area contributed by atoms with Gasteiger partial charge in [-0.15, -0.1) is 0 Å². The van der Waals surface area contributed by atoms with Crippen LogP contribution in [0.15, 0.2) is 217 Å². The lowest BCUT2D eigenvalue weighted by atomic mass is 10.0. The number of hydrogen-bond donors (Lipinski definition) is 0. The van der Waals surface area contributed by atoms with E-state index < -0.39 is 0 Å².